The van der Waals surface area contributed by atoms with E-state index in [1.165, 1.54) is 30.3 Å². The molecule has 0 aliphatic heterocycles. The molecule has 3 rings (SSSR count). The molecule has 0 unspecified atom stereocenters. The molecule has 0 aliphatic carbocycles. The van der Waals surface area contributed by atoms with Gasteiger partial charge in [0, 0.05) is 12.6 Å². The first kappa shape index (κ1) is 18.4. The maximum atomic E-state index is 13.7. The van der Waals surface area contributed by atoms with Gasteiger partial charge in [-0.1, -0.05) is 24.3 Å². The van der Waals surface area contributed by atoms with E-state index < -0.39 is 11.7 Å². The number of para-hydroxylation sites is 1. The van der Waals surface area contributed by atoms with Crippen molar-refractivity contribution in [3.05, 3.63) is 83.3 Å². The highest BCUT2D eigenvalue weighted by molar-refractivity contribution is 6.03. The molecule has 1 amide bonds. The van der Waals surface area contributed by atoms with Crippen molar-refractivity contribution in [2.24, 2.45) is 0 Å². The van der Waals surface area contributed by atoms with Gasteiger partial charge >= 0.3 is 0 Å². The van der Waals surface area contributed by atoms with Crippen LogP contribution in [0.3, 0.4) is 0 Å². The molecule has 0 aliphatic rings. The summed E-state index contributed by atoms with van der Waals surface area (Å²) in [6.07, 6.45) is 0.667. The molecular formula is C20H18F2N4O. The summed E-state index contributed by atoms with van der Waals surface area (Å²) in [5, 5.41) is 5.62. The second kappa shape index (κ2) is 8.35. The topological polar surface area (TPSA) is 66.9 Å². The van der Waals surface area contributed by atoms with Crippen LogP contribution in [0.5, 0.6) is 0 Å². The molecule has 0 bridgehead atoms. The van der Waals surface area contributed by atoms with Crippen LogP contribution in [0.2, 0.25) is 0 Å². The van der Waals surface area contributed by atoms with E-state index >= 15 is 0 Å². The molecule has 1 aromatic heterocycles. The lowest BCUT2D eigenvalue weighted by Gasteiger charge is -2.10. The van der Waals surface area contributed by atoms with Gasteiger partial charge in [0.15, 0.2) is 0 Å². The molecule has 0 radical (unpaired) electrons. The van der Waals surface area contributed by atoms with Crippen LogP contribution in [0.15, 0.2) is 54.6 Å². The van der Waals surface area contributed by atoms with Gasteiger partial charge in [-0.15, -0.1) is 0 Å². The van der Waals surface area contributed by atoms with Gasteiger partial charge in [0.05, 0.1) is 5.69 Å². The normalized spacial score (nSPS) is 10.5. The molecule has 2 aromatic carbocycles. The first-order chi connectivity index (χ1) is 13.0. The quantitative estimate of drug-likeness (QED) is 0.691. The van der Waals surface area contributed by atoms with E-state index in [4.69, 9.17) is 0 Å². The van der Waals surface area contributed by atoms with E-state index in [-0.39, 0.29) is 17.2 Å². The SMILES string of the molecule is Cc1nc(NCCc2ccc(F)cc2)cc(C(=O)Nc2ccccc2F)n1. The molecule has 2 N–H and O–H groups in total. The minimum absolute atomic E-state index is 0.0876. The molecule has 7 heteroatoms. The number of halogens is 2. The zero-order valence-corrected chi connectivity index (χ0v) is 14.7. The van der Waals surface area contributed by atoms with E-state index in [0.717, 1.165) is 5.56 Å². The minimum Gasteiger partial charge on any atom is -0.370 e. The summed E-state index contributed by atoms with van der Waals surface area (Å²) in [6, 6.07) is 13.7. The van der Waals surface area contributed by atoms with E-state index in [0.29, 0.717) is 24.6 Å². The van der Waals surface area contributed by atoms with Crippen molar-refractivity contribution < 1.29 is 13.6 Å². The summed E-state index contributed by atoms with van der Waals surface area (Å²) in [4.78, 5) is 20.7. The minimum atomic E-state index is -0.521. The van der Waals surface area contributed by atoms with Crippen molar-refractivity contribution in [2.45, 2.75) is 13.3 Å². The second-order valence-electron chi connectivity index (χ2n) is 5.92. The third kappa shape index (κ3) is 5.07. The fourth-order valence-corrected chi connectivity index (χ4v) is 2.51. The van der Waals surface area contributed by atoms with Gasteiger partial charge in [0.1, 0.15) is 29.0 Å². The molecule has 0 atom stereocenters. The Morgan fingerprint density at radius 2 is 1.78 bits per heavy atom. The van der Waals surface area contributed by atoms with Crippen LogP contribution >= 0.6 is 0 Å². The van der Waals surface area contributed by atoms with Crippen molar-refractivity contribution in [2.75, 3.05) is 17.2 Å². The molecule has 0 fully saturated rings. The van der Waals surface area contributed by atoms with E-state index in [9.17, 15) is 13.6 Å². The third-order valence-electron chi connectivity index (χ3n) is 3.83. The average molecular weight is 368 g/mol. The summed E-state index contributed by atoms with van der Waals surface area (Å²) in [5.74, 6) is -0.408. The molecule has 1 heterocycles. The lowest BCUT2D eigenvalue weighted by molar-refractivity contribution is 0.102. The number of hydrogen-bond acceptors (Lipinski definition) is 4. The number of amides is 1. The second-order valence-corrected chi connectivity index (χ2v) is 5.92. The van der Waals surface area contributed by atoms with Gasteiger partial charge in [0.2, 0.25) is 0 Å². The number of aryl methyl sites for hydroxylation is 1. The van der Waals surface area contributed by atoms with E-state index in [2.05, 4.69) is 20.6 Å². The lowest BCUT2D eigenvalue weighted by atomic mass is 10.1. The van der Waals surface area contributed by atoms with Crippen LogP contribution in [0.1, 0.15) is 21.9 Å². The van der Waals surface area contributed by atoms with Crippen molar-refractivity contribution in [1.29, 1.82) is 0 Å². The first-order valence-corrected chi connectivity index (χ1v) is 8.41. The highest BCUT2D eigenvalue weighted by Gasteiger charge is 2.12. The first-order valence-electron chi connectivity index (χ1n) is 8.41. The van der Waals surface area contributed by atoms with E-state index in [1.807, 2.05) is 0 Å². The average Bonchev–Trinajstić information content (AvgIpc) is 2.65. The predicted octanol–water partition coefficient (Wildman–Crippen LogP) is 3.97. The van der Waals surface area contributed by atoms with Gasteiger partial charge in [-0.25, -0.2) is 18.7 Å². The number of benzene rings is 2. The molecule has 0 saturated carbocycles. The zero-order chi connectivity index (χ0) is 19.2. The van der Waals surface area contributed by atoms with Crippen LogP contribution in [-0.4, -0.2) is 22.4 Å². The molecule has 3 aromatic rings. The summed E-state index contributed by atoms with van der Waals surface area (Å²) in [6.45, 7) is 2.22. The summed E-state index contributed by atoms with van der Waals surface area (Å²) < 4.78 is 26.6. The Bertz CT molecular complexity index is 945. The number of carbonyl (C=O) groups is 1. The Kier molecular flexibility index (Phi) is 5.71. The number of hydrogen-bond donors (Lipinski definition) is 2. The molecular weight excluding hydrogens is 350 g/mol. The number of carbonyl (C=O) groups excluding carboxylic acids is 1. The van der Waals surface area contributed by atoms with Crippen LogP contribution in [0, 0.1) is 18.6 Å². The van der Waals surface area contributed by atoms with Crippen molar-refractivity contribution >= 4 is 17.4 Å². The largest absolute Gasteiger partial charge is 0.370 e. The van der Waals surface area contributed by atoms with Crippen LogP contribution in [0.4, 0.5) is 20.3 Å². The Balaban J connectivity index is 1.65. The Morgan fingerprint density at radius 3 is 2.52 bits per heavy atom. The molecule has 5 nitrogen and oxygen atoms in total. The Morgan fingerprint density at radius 1 is 1.04 bits per heavy atom. The van der Waals surface area contributed by atoms with Crippen LogP contribution in [0.25, 0.3) is 0 Å². The third-order valence-corrected chi connectivity index (χ3v) is 3.83. The monoisotopic (exact) mass is 368 g/mol. The fourth-order valence-electron chi connectivity index (χ4n) is 2.51. The lowest BCUT2D eigenvalue weighted by Crippen LogP contribution is -2.17. The highest BCUT2D eigenvalue weighted by Crippen LogP contribution is 2.15. The summed E-state index contributed by atoms with van der Waals surface area (Å²) in [5.41, 5.74) is 1.20. The number of rotatable bonds is 6. The smallest absolute Gasteiger partial charge is 0.274 e. The van der Waals surface area contributed by atoms with E-state index in [1.54, 1.807) is 31.2 Å². The molecule has 138 valence electrons. The molecule has 0 spiro atoms. The summed E-state index contributed by atoms with van der Waals surface area (Å²) in [7, 11) is 0. The predicted molar refractivity (Wildman–Crippen MR) is 99.7 cm³/mol. The summed E-state index contributed by atoms with van der Waals surface area (Å²) >= 11 is 0. The Labute approximate surface area is 155 Å². The number of nitrogens with one attached hydrogen (secondary N) is 2. The maximum absolute atomic E-state index is 13.7. The van der Waals surface area contributed by atoms with Gasteiger partial charge in [-0.05, 0) is 43.2 Å². The molecule has 0 saturated heterocycles. The zero-order valence-electron chi connectivity index (χ0n) is 14.7. The van der Waals surface area contributed by atoms with Gasteiger partial charge in [-0.3, -0.25) is 4.79 Å². The van der Waals surface area contributed by atoms with Crippen molar-refractivity contribution in [3.8, 4) is 0 Å². The number of aromatic nitrogens is 2. The van der Waals surface area contributed by atoms with Crippen LogP contribution in [-0.2, 0) is 6.42 Å². The number of nitrogens with zero attached hydrogens (tertiary/aromatic N) is 2. The Hall–Kier alpha value is -3.35. The maximum Gasteiger partial charge on any atom is 0.274 e. The molecule has 27 heavy (non-hydrogen) atoms. The van der Waals surface area contributed by atoms with Crippen LogP contribution < -0.4 is 10.6 Å². The van der Waals surface area contributed by atoms with Crippen molar-refractivity contribution in [3.63, 3.8) is 0 Å². The standard InChI is InChI=1S/C20H18F2N4O/c1-13-24-18(20(27)26-17-5-3-2-4-16(17)22)12-19(25-13)23-11-10-14-6-8-15(21)9-7-14/h2-9,12H,10-11H2,1H3,(H,26,27)(H,23,24,25). The highest BCUT2D eigenvalue weighted by atomic mass is 19.1. The van der Waals surface area contributed by atoms with Crippen molar-refractivity contribution in [1.82, 2.24) is 9.97 Å². The van der Waals surface area contributed by atoms with Gasteiger partial charge < -0.3 is 10.6 Å². The van der Waals surface area contributed by atoms with Gasteiger partial charge in [0.25, 0.3) is 5.91 Å². The fraction of sp³-hybridized carbons (Fsp3) is 0.150. The van der Waals surface area contributed by atoms with Gasteiger partial charge in [-0.2, -0.15) is 0 Å². The number of anilines is 2.